The van der Waals surface area contributed by atoms with E-state index in [0.717, 1.165) is 36.3 Å². The summed E-state index contributed by atoms with van der Waals surface area (Å²) in [5, 5.41) is 5.87. The summed E-state index contributed by atoms with van der Waals surface area (Å²) in [6, 6.07) is 13.5. The summed E-state index contributed by atoms with van der Waals surface area (Å²) < 4.78 is 17.2. The molecule has 0 saturated heterocycles. The highest BCUT2D eigenvalue weighted by Gasteiger charge is 2.07. The molecule has 5 heteroatoms. The highest BCUT2D eigenvalue weighted by atomic mass is 35.5. The SMILES string of the molecule is CC(C)CCOc1ccc(Cc2ccc(Cl)c(S(N)=O)c2)cc1. The molecular formula is C18H22ClNO2S. The van der Waals surface area contributed by atoms with Gasteiger partial charge < -0.3 is 4.74 Å². The van der Waals surface area contributed by atoms with Gasteiger partial charge in [0.2, 0.25) is 0 Å². The van der Waals surface area contributed by atoms with E-state index in [1.807, 2.05) is 30.3 Å². The molecule has 2 aromatic carbocycles. The second-order valence-electron chi connectivity index (χ2n) is 5.91. The Morgan fingerprint density at radius 1 is 1.13 bits per heavy atom. The Bertz CT molecular complexity index is 671. The van der Waals surface area contributed by atoms with Gasteiger partial charge in [0.1, 0.15) is 16.7 Å². The van der Waals surface area contributed by atoms with Crippen LogP contribution in [0, 0.1) is 5.92 Å². The van der Waals surface area contributed by atoms with Gasteiger partial charge in [-0.15, -0.1) is 0 Å². The molecule has 2 aromatic rings. The van der Waals surface area contributed by atoms with E-state index in [0.29, 0.717) is 15.8 Å². The van der Waals surface area contributed by atoms with Crippen LogP contribution in [-0.4, -0.2) is 10.8 Å². The molecule has 2 N–H and O–H groups in total. The van der Waals surface area contributed by atoms with Crippen LogP contribution in [0.1, 0.15) is 31.4 Å². The van der Waals surface area contributed by atoms with Crippen LogP contribution >= 0.6 is 11.6 Å². The first kappa shape index (κ1) is 18.0. The Hall–Kier alpha value is -1.36. The van der Waals surface area contributed by atoms with Crippen molar-refractivity contribution in [3.05, 3.63) is 58.6 Å². The topological polar surface area (TPSA) is 52.3 Å². The Kier molecular flexibility index (Phi) is 6.63. The smallest absolute Gasteiger partial charge is 0.123 e. The predicted octanol–water partition coefficient (Wildman–Crippen LogP) is 4.34. The summed E-state index contributed by atoms with van der Waals surface area (Å²) in [6.07, 6.45) is 1.78. The summed E-state index contributed by atoms with van der Waals surface area (Å²) in [7, 11) is -1.57. The second-order valence-corrected chi connectivity index (χ2v) is 7.36. The lowest BCUT2D eigenvalue weighted by Gasteiger charge is -2.09. The Balaban J connectivity index is 2.01. The average Bonchev–Trinajstić information content (AvgIpc) is 2.50. The number of halogens is 1. The van der Waals surface area contributed by atoms with E-state index >= 15 is 0 Å². The molecule has 1 atom stereocenters. The zero-order chi connectivity index (χ0) is 16.8. The van der Waals surface area contributed by atoms with Crippen molar-refractivity contribution >= 4 is 22.6 Å². The van der Waals surface area contributed by atoms with E-state index in [-0.39, 0.29) is 0 Å². The third kappa shape index (κ3) is 5.65. The number of ether oxygens (including phenoxy) is 1. The molecule has 0 heterocycles. The van der Waals surface area contributed by atoms with Gasteiger partial charge in [0.25, 0.3) is 0 Å². The summed E-state index contributed by atoms with van der Waals surface area (Å²) in [5.74, 6) is 1.52. The van der Waals surface area contributed by atoms with Crippen molar-refractivity contribution in [1.82, 2.24) is 0 Å². The molecule has 0 fully saturated rings. The van der Waals surface area contributed by atoms with Gasteiger partial charge in [-0.05, 0) is 54.2 Å². The van der Waals surface area contributed by atoms with Crippen molar-refractivity contribution in [2.24, 2.45) is 11.1 Å². The van der Waals surface area contributed by atoms with Crippen LogP contribution < -0.4 is 9.88 Å². The van der Waals surface area contributed by atoms with Gasteiger partial charge in [0.15, 0.2) is 0 Å². The Morgan fingerprint density at radius 2 is 1.78 bits per heavy atom. The third-order valence-electron chi connectivity index (χ3n) is 3.51. The fraction of sp³-hybridized carbons (Fsp3) is 0.333. The largest absolute Gasteiger partial charge is 0.494 e. The van der Waals surface area contributed by atoms with Gasteiger partial charge in [0, 0.05) is 0 Å². The number of rotatable bonds is 7. The van der Waals surface area contributed by atoms with E-state index in [2.05, 4.69) is 13.8 Å². The number of nitrogens with two attached hydrogens (primary N) is 1. The molecule has 0 bridgehead atoms. The third-order valence-corrected chi connectivity index (χ3v) is 4.72. The molecule has 0 radical (unpaired) electrons. The molecule has 0 spiro atoms. The molecule has 0 aliphatic carbocycles. The molecule has 0 aromatic heterocycles. The Labute approximate surface area is 145 Å². The lowest BCUT2D eigenvalue weighted by Crippen LogP contribution is -2.04. The fourth-order valence-electron chi connectivity index (χ4n) is 2.16. The molecule has 0 amide bonds. The molecule has 0 aliphatic rings. The summed E-state index contributed by atoms with van der Waals surface area (Å²) in [5.41, 5.74) is 2.17. The number of benzene rings is 2. The van der Waals surface area contributed by atoms with Crippen LogP contribution in [0.25, 0.3) is 0 Å². The lowest BCUT2D eigenvalue weighted by atomic mass is 10.1. The Morgan fingerprint density at radius 3 is 2.39 bits per heavy atom. The maximum Gasteiger partial charge on any atom is 0.123 e. The van der Waals surface area contributed by atoms with Crippen LogP contribution in [0.2, 0.25) is 5.02 Å². The maximum absolute atomic E-state index is 11.5. The standard InChI is InChI=1S/C18H22ClNO2S/c1-13(2)9-10-22-16-6-3-14(4-7-16)11-15-5-8-17(19)18(12-15)23(20)21/h3-8,12-13H,9-11,20H2,1-2H3. The van der Waals surface area contributed by atoms with Crippen molar-refractivity contribution in [2.45, 2.75) is 31.6 Å². The van der Waals surface area contributed by atoms with Crippen LogP contribution in [0.15, 0.2) is 47.4 Å². The molecule has 124 valence electrons. The first-order valence-electron chi connectivity index (χ1n) is 7.62. The highest BCUT2D eigenvalue weighted by molar-refractivity contribution is 7.82. The van der Waals surface area contributed by atoms with Crippen molar-refractivity contribution in [1.29, 1.82) is 0 Å². The first-order chi connectivity index (χ1) is 11.0. The van der Waals surface area contributed by atoms with Gasteiger partial charge in [-0.1, -0.05) is 43.6 Å². The van der Waals surface area contributed by atoms with Gasteiger partial charge in [-0.2, -0.15) is 0 Å². The highest BCUT2D eigenvalue weighted by Crippen LogP contribution is 2.22. The van der Waals surface area contributed by atoms with Gasteiger partial charge in [0.05, 0.1) is 16.5 Å². The van der Waals surface area contributed by atoms with E-state index < -0.39 is 11.0 Å². The monoisotopic (exact) mass is 351 g/mol. The molecule has 0 saturated carbocycles. The van der Waals surface area contributed by atoms with E-state index in [1.54, 1.807) is 12.1 Å². The van der Waals surface area contributed by atoms with E-state index in [9.17, 15) is 4.21 Å². The van der Waals surface area contributed by atoms with Crippen molar-refractivity contribution < 1.29 is 8.95 Å². The van der Waals surface area contributed by atoms with Crippen LogP contribution in [0.4, 0.5) is 0 Å². The average molecular weight is 352 g/mol. The minimum atomic E-state index is -1.57. The van der Waals surface area contributed by atoms with Gasteiger partial charge >= 0.3 is 0 Å². The van der Waals surface area contributed by atoms with Crippen LogP contribution in [0.5, 0.6) is 5.75 Å². The van der Waals surface area contributed by atoms with Crippen LogP contribution in [0.3, 0.4) is 0 Å². The van der Waals surface area contributed by atoms with Crippen LogP contribution in [-0.2, 0) is 17.4 Å². The maximum atomic E-state index is 11.5. The normalized spacial score (nSPS) is 12.4. The molecule has 23 heavy (non-hydrogen) atoms. The zero-order valence-corrected chi connectivity index (χ0v) is 15.0. The van der Waals surface area contributed by atoms with Gasteiger partial charge in [-0.3, -0.25) is 0 Å². The van der Waals surface area contributed by atoms with Crippen molar-refractivity contribution in [3.63, 3.8) is 0 Å². The number of hydrogen-bond acceptors (Lipinski definition) is 2. The predicted molar refractivity (Wildman–Crippen MR) is 96.2 cm³/mol. The molecule has 2 rings (SSSR count). The zero-order valence-electron chi connectivity index (χ0n) is 13.4. The minimum Gasteiger partial charge on any atom is -0.494 e. The fourth-order valence-corrected chi connectivity index (χ4v) is 3.04. The van der Waals surface area contributed by atoms with E-state index in [1.165, 1.54) is 0 Å². The second kappa shape index (κ2) is 8.48. The summed E-state index contributed by atoms with van der Waals surface area (Å²) in [4.78, 5) is 0.470. The molecule has 1 unspecified atom stereocenters. The molecular weight excluding hydrogens is 330 g/mol. The molecule has 0 aliphatic heterocycles. The quantitative estimate of drug-likeness (QED) is 0.806. The number of hydrogen-bond donors (Lipinski definition) is 1. The van der Waals surface area contributed by atoms with Gasteiger partial charge in [-0.25, -0.2) is 9.35 Å². The summed E-state index contributed by atoms with van der Waals surface area (Å²) >= 11 is 6.00. The lowest BCUT2D eigenvalue weighted by molar-refractivity contribution is 0.289. The minimum absolute atomic E-state index is 0.434. The van der Waals surface area contributed by atoms with E-state index in [4.69, 9.17) is 21.5 Å². The summed E-state index contributed by atoms with van der Waals surface area (Å²) in [6.45, 7) is 5.10. The van der Waals surface area contributed by atoms with Crippen molar-refractivity contribution in [3.8, 4) is 5.75 Å². The van der Waals surface area contributed by atoms with Crippen molar-refractivity contribution in [2.75, 3.05) is 6.61 Å². The molecule has 3 nitrogen and oxygen atoms in total. The first-order valence-corrected chi connectivity index (χ1v) is 9.21.